The van der Waals surface area contributed by atoms with Gasteiger partial charge in [0.2, 0.25) is 0 Å². The molecule has 0 atom stereocenters. The fraction of sp³-hybridized carbons (Fsp3) is 1.00. The third-order valence-electron chi connectivity index (χ3n) is 9.14. The third kappa shape index (κ3) is 7.23. The average Bonchev–Trinajstić information content (AvgIpc) is 2.80. The van der Waals surface area contributed by atoms with E-state index in [1.807, 2.05) is 0 Å². The monoisotopic (exact) mass is 404 g/mol. The lowest BCUT2D eigenvalue weighted by molar-refractivity contribution is -0.133. The Morgan fingerprint density at radius 2 is 0.862 bits per heavy atom. The molecule has 0 aromatic carbocycles. The van der Waals surface area contributed by atoms with Crippen LogP contribution in [0.5, 0.6) is 0 Å². The number of rotatable bonds is 8. The molecule has 0 N–H and O–H groups in total. The van der Waals surface area contributed by atoms with Crippen LogP contribution in [0.25, 0.3) is 0 Å². The predicted octanol–water partition coefficient (Wildman–Crippen LogP) is 8.04. The van der Waals surface area contributed by atoms with E-state index in [2.05, 4.69) is 0 Å². The molecule has 4 aliphatic carbocycles. The molecule has 0 aromatic heterocycles. The molecular weight excluding hydrogens is 356 g/mol. The highest BCUT2D eigenvalue weighted by Gasteiger charge is 2.29. The van der Waals surface area contributed by atoms with Crippen LogP contribution in [-0.4, -0.2) is 19.0 Å². The summed E-state index contributed by atoms with van der Waals surface area (Å²) < 4.78 is 12.0. The topological polar surface area (TPSA) is 18.5 Å². The Hall–Kier alpha value is -0.0800. The van der Waals surface area contributed by atoms with Crippen molar-refractivity contribution in [3.63, 3.8) is 0 Å². The standard InChI is InChI=1S/C27H48O2/c1-3-7-24(8-4-1)25-17-13-22(14-18-25)11-12-23-15-19-27(20-16-23)29-21-28-26-9-5-2-6-10-26/h22-27H,1-21H2. The van der Waals surface area contributed by atoms with Gasteiger partial charge in [-0.1, -0.05) is 77.0 Å². The highest BCUT2D eigenvalue weighted by atomic mass is 16.7. The molecule has 4 rings (SSSR count). The normalized spacial score (nSPS) is 35.6. The molecule has 4 saturated carbocycles. The SMILES string of the molecule is C1CCC(OCOC2CCC(CCC3CCC(C4CCCCC4)CC3)CC2)CC1. The summed E-state index contributed by atoms with van der Waals surface area (Å²) in [4.78, 5) is 0. The lowest BCUT2D eigenvalue weighted by atomic mass is 9.70. The van der Waals surface area contributed by atoms with E-state index in [1.165, 1.54) is 103 Å². The zero-order valence-electron chi connectivity index (χ0n) is 19.1. The second kappa shape index (κ2) is 12.1. The summed E-state index contributed by atoms with van der Waals surface area (Å²) in [5.41, 5.74) is 0. The fourth-order valence-electron chi connectivity index (χ4n) is 7.08. The first-order chi connectivity index (χ1) is 14.4. The van der Waals surface area contributed by atoms with Gasteiger partial charge >= 0.3 is 0 Å². The van der Waals surface area contributed by atoms with Crippen LogP contribution in [0.2, 0.25) is 0 Å². The van der Waals surface area contributed by atoms with Crippen molar-refractivity contribution in [1.29, 1.82) is 0 Å². The van der Waals surface area contributed by atoms with E-state index in [9.17, 15) is 0 Å². The Kier molecular flexibility index (Phi) is 9.22. The summed E-state index contributed by atoms with van der Waals surface area (Å²) in [5.74, 6) is 4.22. The van der Waals surface area contributed by atoms with Gasteiger partial charge in [0.1, 0.15) is 6.79 Å². The third-order valence-corrected chi connectivity index (χ3v) is 9.14. The second-order valence-electron chi connectivity index (χ2n) is 11.1. The van der Waals surface area contributed by atoms with E-state index in [1.54, 1.807) is 25.7 Å². The number of ether oxygens (including phenoxy) is 2. The van der Waals surface area contributed by atoms with Crippen LogP contribution in [0, 0.1) is 23.7 Å². The molecule has 168 valence electrons. The first-order valence-electron chi connectivity index (χ1n) is 13.6. The number of hydrogen-bond acceptors (Lipinski definition) is 2. The van der Waals surface area contributed by atoms with E-state index in [4.69, 9.17) is 9.47 Å². The molecule has 29 heavy (non-hydrogen) atoms. The maximum absolute atomic E-state index is 6.08. The fourth-order valence-corrected chi connectivity index (χ4v) is 7.08. The van der Waals surface area contributed by atoms with Crippen LogP contribution >= 0.6 is 0 Å². The van der Waals surface area contributed by atoms with Crippen LogP contribution < -0.4 is 0 Å². The van der Waals surface area contributed by atoms with Crippen LogP contribution in [0.4, 0.5) is 0 Å². The summed E-state index contributed by atoms with van der Waals surface area (Å²) in [6.07, 6.45) is 29.7. The van der Waals surface area contributed by atoms with Crippen molar-refractivity contribution in [2.75, 3.05) is 6.79 Å². The van der Waals surface area contributed by atoms with E-state index < -0.39 is 0 Å². The van der Waals surface area contributed by atoms with Crippen LogP contribution in [-0.2, 0) is 9.47 Å². The van der Waals surface area contributed by atoms with Crippen LogP contribution in [0.3, 0.4) is 0 Å². The van der Waals surface area contributed by atoms with E-state index >= 15 is 0 Å². The predicted molar refractivity (Wildman–Crippen MR) is 121 cm³/mol. The van der Waals surface area contributed by atoms with Gasteiger partial charge in [-0.3, -0.25) is 0 Å². The molecule has 0 unspecified atom stereocenters. The Morgan fingerprint density at radius 1 is 0.414 bits per heavy atom. The summed E-state index contributed by atoms with van der Waals surface area (Å²) >= 11 is 0. The molecule has 0 aliphatic heterocycles. The van der Waals surface area contributed by atoms with Crippen molar-refractivity contribution in [3.8, 4) is 0 Å². The summed E-state index contributed by atoms with van der Waals surface area (Å²) in [5, 5.41) is 0. The minimum atomic E-state index is 0.473. The molecule has 0 spiro atoms. The van der Waals surface area contributed by atoms with Gasteiger partial charge < -0.3 is 9.47 Å². The van der Waals surface area contributed by atoms with Crippen molar-refractivity contribution in [1.82, 2.24) is 0 Å². The number of hydrogen-bond donors (Lipinski definition) is 0. The first kappa shape index (κ1) is 22.1. The summed E-state index contributed by atoms with van der Waals surface area (Å²) in [6, 6.07) is 0. The Labute approximate surface area is 180 Å². The quantitative estimate of drug-likeness (QED) is 0.381. The highest BCUT2D eigenvalue weighted by Crippen LogP contribution is 2.42. The van der Waals surface area contributed by atoms with Crippen molar-refractivity contribution in [3.05, 3.63) is 0 Å². The van der Waals surface area contributed by atoms with Gasteiger partial charge in [0.15, 0.2) is 0 Å². The Balaban J connectivity index is 1.03. The highest BCUT2D eigenvalue weighted by molar-refractivity contribution is 4.81. The maximum atomic E-state index is 6.08. The van der Waals surface area contributed by atoms with Crippen molar-refractivity contribution in [2.24, 2.45) is 23.7 Å². The van der Waals surface area contributed by atoms with Gasteiger partial charge in [-0.05, 0) is 75.0 Å². The molecular formula is C27H48O2. The zero-order chi connectivity index (χ0) is 19.7. The van der Waals surface area contributed by atoms with Crippen molar-refractivity contribution < 1.29 is 9.47 Å². The van der Waals surface area contributed by atoms with Gasteiger partial charge in [-0.2, -0.15) is 0 Å². The molecule has 4 fully saturated rings. The van der Waals surface area contributed by atoms with Gasteiger partial charge in [-0.15, -0.1) is 0 Å². The smallest absolute Gasteiger partial charge is 0.147 e. The van der Waals surface area contributed by atoms with Gasteiger partial charge in [0, 0.05) is 0 Å². The lowest BCUT2D eigenvalue weighted by Gasteiger charge is -2.36. The summed E-state index contributed by atoms with van der Waals surface area (Å²) in [7, 11) is 0. The minimum absolute atomic E-state index is 0.473. The van der Waals surface area contributed by atoms with Crippen molar-refractivity contribution >= 4 is 0 Å². The van der Waals surface area contributed by atoms with Crippen molar-refractivity contribution in [2.45, 2.75) is 141 Å². The molecule has 0 heterocycles. The van der Waals surface area contributed by atoms with Crippen LogP contribution in [0.1, 0.15) is 128 Å². The molecule has 4 aliphatic rings. The average molecular weight is 405 g/mol. The van der Waals surface area contributed by atoms with E-state index in [-0.39, 0.29) is 0 Å². The molecule has 0 aromatic rings. The molecule has 0 bridgehead atoms. The largest absolute Gasteiger partial charge is 0.352 e. The maximum Gasteiger partial charge on any atom is 0.147 e. The van der Waals surface area contributed by atoms with Gasteiger partial charge in [-0.25, -0.2) is 0 Å². The second-order valence-corrected chi connectivity index (χ2v) is 11.1. The Bertz CT molecular complexity index is 422. The van der Waals surface area contributed by atoms with Gasteiger partial charge in [0.05, 0.1) is 12.2 Å². The van der Waals surface area contributed by atoms with Gasteiger partial charge in [0.25, 0.3) is 0 Å². The van der Waals surface area contributed by atoms with Crippen LogP contribution in [0.15, 0.2) is 0 Å². The van der Waals surface area contributed by atoms with E-state index in [0.717, 1.165) is 23.7 Å². The Morgan fingerprint density at radius 3 is 1.45 bits per heavy atom. The lowest BCUT2D eigenvalue weighted by Crippen LogP contribution is -2.26. The zero-order valence-corrected chi connectivity index (χ0v) is 19.1. The molecule has 0 amide bonds. The molecule has 2 heteroatoms. The molecule has 0 saturated heterocycles. The summed E-state index contributed by atoms with van der Waals surface area (Å²) in [6.45, 7) is 0.546. The first-order valence-corrected chi connectivity index (χ1v) is 13.6. The minimum Gasteiger partial charge on any atom is -0.352 e. The molecule has 0 radical (unpaired) electrons. The van der Waals surface area contributed by atoms with E-state index in [0.29, 0.717) is 19.0 Å². The molecule has 2 nitrogen and oxygen atoms in total.